The number of hydrogen-bond acceptors (Lipinski definition) is 5. The van der Waals surface area contributed by atoms with Crippen molar-refractivity contribution in [2.75, 3.05) is 7.11 Å². The van der Waals surface area contributed by atoms with E-state index in [4.69, 9.17) is 4.74 Å². The van der Waals surface area contributed by atoms with Gasteiger partial charge in [0.2, 0.25) is 0 Å². The summed E-state index contributed by atoms with van der Waals surface area (Å²) in [5.74, 6) is -0.526. The summed E-state index contributed by atoms with van der Waals surface area (Å²) in [5.41, 5.74) is 6.48. The predicted molar refractivity (Wildman–Crippen MR) is 116 cm³/mol. The first-order valence-electron chi connectivity index (χ1n) is 9.74. The third-order valence-corrected chi connectivity index (χ3v) is 5.34. The zero-order valence-corrected chi connectivity index (χ0v) is 17.7. The molecule has 0 bridgehead atoms. The molecule has 0 saturated heterocycles. The molecule has 0 atom stereocenters. The van der Waals surface area contributed by atoms with E-state index in [1.165, 1.54) is 7.11 Å². The van der Waals surface area contributed by atoms with E-state index in [0.29, 0.717) is 17.0 Å². The highest BCUT2D eigenvalue weighted by atomic mass is 16.5. The monoisotopic (exact) mass is 403 g/mol. The van der Waals surface area contributed by atoms with Crippen LogP contribution in [0.4, 0.5) is 0 Å². The Bertz CT molecular complexity index is 1120. The number of esters is 1. The van der Waals surface area contributed by atoms with Gasteiger partial charge in [0.05, 0.1) is 25.0 Å². The Balaban J connectivity index is 1.97. The number of benzene rings is 2. The summed E-state index contributed by atoms with van der Waals surface area (Å²) in [6, 6.07) is 14.8. The van der Waals surface area contributed by atoms with Gasteiger partial charge in [-0.2, -0.15) is 0 Å². The molecule has 1 N–H and O–H groups in total. The Labute approximate surface area is 176 Å². The molecule has 1 heterocycles. The highest BCUT2D eigenvalue weighted by Gasteiger charge is 2.19. The highest BCUT2D eigenvalue weighted by molar-refractivity contribution is 5.98. The molecule has 0 amide bonds. The lowest BCUT2D eigenvalue weighted by molar-refractivity contribution is 0.0599. The number of Topliss-reactive ketones (excluding diaryl/α,β-unsaturated/α-hetero) is 1. The summed E-state index contributed by atoms with van der Waals surface area (Å²) in [4.78, 5) is 29.8. The van der Waals surface area contributed by atoms with Crippen LogP contribution in [0.25, 0.3) is 11.3 Å². The van der Waals surface area contributed by atoms with E-state index in [2.05, 4.69) is 4.98 Å². The SMILES string of the molecule is COC(=O)c1ccc(C)c(CC(=O)c2nc(-c3cccc(CO)c3)ccc2C)c1C. The van der Waals surface area contributed by atoms with E-state index in [0.717, 1.165) is 33.4 Å². The number of ether oxygens (including phenoxy) is 1. The van der Waals surface area contributed by atoms with E-state index in [1.807, 2.05) is 63.2 Å². The largest absolute Gasteiger partial charge is 0.465 e. The van der Waals surface area contributed by atoms with Crippen molar-refractivity contribution in [2.24, 2.45) is 0 Å². The minimum Gasteiger partial charge on any atom is -0.465 e. The number of carbonyl (C=O) groups excluding carboxylic acids is 2. The number of pyridine rings is 1. The van der Waals surface area contributed by atoms with Crippen molar-refractivity contribution in [1.82, 2.24) is 4.98 Å². The molecule has 0 aliphatic carbocycles. The molecule has 154 valence electrons. The van der Waals surface area contributed by atoms with Gasteiger partial charge in [-0.15, -0.1) is 0 Å². The molecular formula is C25H25NO4. The van der Waals surface area contributed by atoms with Gasteiger partial charge < -0.3 is 9.84 Å². The second-order valence-electron chi connectivity index (χ2n) is 7.35. The van der Waals surface area contributed by atoms with Crippen LogP contribution in [0.5, 0.6) is 0 Å². The summed E-state index contributed by atoms with van der Waals surface area (Å²) in [7, 11) is 1.34. The lowest BCUT2D eigenvalue weighted by atomic mass is 9.92. The van der Waals surface area contributed by atoms with Gasteiger partial charge in [0, 0.05) is 12.0 Å². The lowest BCUT2D eigenvalue weighted by Crippen LogP contribution is -2.13. The molecule has 0 unspecified atom stereocenters. The number of ketones is 1. The fourth-order valence-electron chi connectivity index (χ4n) is 3.54. The van der Waals surface area contributed by atoms with Gasteiger partial charge in [0.25, 0.3) is 0 Å². The molecule has 0 aliphatic heterocycles. The zero-order chi connectivity index (χ0) is 21.8. The van der Waals surface area contributed by atoms with Gasteiger partial charge >= 0.3 is 5.97 Å². The molecule has 3 rings (SSSR count). The fourth-order valence-corrected chi connectivity index (χ4v) is 3.54. The van der Waals surface area contributed by atoms with Crippen LogP contribution < -0.4 is 0 Å². The molecule has 0 saturated carbocycles. The first-order valence-corrected chi connectivity index (χ1v) is 9.74. The van der Waals surface area contributed by atoms with Crippen LogP contribution in [0, 0.1) is 20.8 Å². The van der Waals surface area contributed by atoms with E-state index in [9.17, 15) is 14.7 Å². The number of hydrogen-bond donors (Lipinski definition) is 1. The van der Waals surface area contributed by atoms with Crippen LogP contribution in [0.15, 0.2) is 48.5 Å². The van der Waals surface area contributed by atoms with Crippen LogP contribution in [0.1, 0.15) is 48.7 Å². The lowest BCUT2D eigenvalue weighted by Gasteiger charge is -2.14. The number of aromatic nitrogens is 1. The van der Waals surface area contributed by atoms with Crippen LogP contribution >= 0.6 is 0 Å². The Kier molecular flexibility index (Phi) is 6.43. The first kappa shape index (κ1) is 21.4. The van der Waals surface area contributed by atoms with Crippen molar-refractivity contribution in [3.63, 3.8) is 0 Å². The van der Waals surface area contributed by atoms with E-state index < -0.39 is 5.97 Å². The van der Waals surface area contributed by atoms with Gasteiger partial charge in [-0.25, -0.2) is 9.78 Å². The first-order chi connectivity index (χ1) is 14.3. The van der Waals surface area contributed by atoms with Gasteiger partial charge in [0.15, 0.2) is 5.78 Å². The molecule has 0 fully saturated rings. The molecule has 2 aromatic carbocycles. The molecule has 5 nitrogen and oxygen atoms in total. The maximum absolute atomic E-state index is 13.2. The minimum atomic E-state index is -0.415. The summed E-state index contributed by atoms with van der Waals surface area (Å²) in [5, 5.41) is 9.38. The molecule has 0 radical (unpaired) electrons. The zero-order valence-electron chi connectivity index (χ0n) is 17.7. The Morgan fingerprint density at radius 1 is 1.00 bits per heavy atom. The molecule has 0 aliphatic rings. The normalized spacial score (nSPS) is 10.7. The van der Waals surface area contributed by atoms with Crippen molar-refractivity contribution >= 4 is 11.8 Å². The number of aliphatic hydroxyl groups excluding tert-OH is 1. The Hall–Kier alpha value is -3.31. The van der Waals surface area contributed by atoms with Crippen LogP contribution in [-0.4, -0.2) is 29.0 Å². The standard InChI is InChI=1S/C25H25NO4/c1-15-8-10-20(25(29)30-4)17(3)21(15)13-23(28)24-16(2)9-11-22(26-24)19-7-5-6-18(12-19)14-27/h5-12,27H,13-14H2,1-4H3. The quantitative estimate of drug-likeness (QED) is 0.488. The van der Waals surface area contributed by atoms with Crippen molar-refractivity contribution in [3.8, 4) is 11.3 Å². The number of aryl methyl sites for hydroxylation is 2. The summed E-state index contributed by atoms with van der Waals surface area (Å²) < 4.78 is 4.85. The third-order valence-electron chi connectivity index (χ3n) is 5.34. The van der Waals surface area contributed by atoms with E-state index >= 15 is 0 Å². The molecule has 5 heteroatoms. The Morgan fingerprint density at radius 3 is 2.43 bits per heavy atom. The molecule has 3 aromatic rings. The van der Waals surface area contributed by atoms with E-state index in [-0.39, 0.29) is 18.8 Å². The average molecular weight is 403 g/mol. The topological polar surface area (TPSA) is 76.5 Å². The second-order valence-corrected chi connectivity index (χ2v) is 7.35. The number of methoxy groups -OCH3 is 1. The summed E-state index contributed by atoms with van der Waals surface area (Å²) in [6.45, 7) is 5.56. The van der Waals surface area contributed by atoms with Gasteiger partial charge in [-0.1, -0.05) is 30.3 Å². The molecule has 0 spiro atoms. The Morgan fingerprint density at radius 2 is 1.73 bits per heavy atom. The van der Waals surface area contributed by atoms with Crippen molar-refractivity contribution in [1.29, 1.82) is 0 Å². The predicted octanol–water partition coefficient (Wildman–Crippen LogP) is 4.38. The van der Waals surface area contributed by atoms with Crippen molar-refractivity contribution < 1.29 is 19.4 Å². The van der Waals surface area contributed by atoms with Gasteiger partial charge in [0.1, 0.15) is 5.69 Å². The third kappa shape index (κ3) is 4.31. The van der Waals surface area contributed by atoms with Gasteiger partial charge in [-0.3, -0.25) is 4.79 Å². The summed E-state index contributed by atoms with van der Waals surface area (Å²) >= 11 is 0. The average Bonchev–Trinajstić information content (AvgIpc) is 2.76. The molecule has 30 heavy (non-hydrogen) atoms. The minimum absolute atomic E-state index is 0.0550. The van der Waals surface area contributed by atoms with Crippen LogP contribution in [0.3, 0.4) is 0 Å². The van der Waals surface area contributed by atoms with Crippen molar-refractivity contribution in [3.05, 3.63) is 87.6 Å². The second kappa shape index (κ2) is 9.01. The number of carbonyl (C=O) groups is 2. The maximum Gasteiger partial charge on any atom is 0.338 e. The smallest absolute Gasteiger partial charge is 0.338 e. The molecule has 1 aromatic heterocycles. The van der Waals surface area contributed by atoms with Crippen molar-refractivity contribution in [2.45, 2.75) is 33.8 Å². The number of nitrogens with zero attached hydrogens (tertiary/aromatic N) is 1. The number of rotatable bonds is 6. The fraction of sp³-hybridized carbons (Fsp3) is 0.240. The van der Waals surface area contributed by atoms with Crippen LogP contribution in [0.2, 0.25) is 0 Å². The summed E-state index contributed by atoms with van der Waals surface area (Å²) in [6.07, 6.45) is 0.149. The highest BCUT2D eigenvalue weighted by Crippen LogP contribution is 2.24. The maximum atomic E-state index is 13.2. The van der Waals surface area contributed by atoms with E-state index in [1.54, 1.807) is 6.07 Å². The van der Waals surface area contributed by atoms with Crippen LogP contribution in [-0.2, 0) is 17.8 Å². The number of aliphatic hydroxyl groups is 1. The molecular weight excluding hydrogens is 378 g/mol. The van der Waals surface area contributed by atoms with Gasteiger partial charge in [-0.05, 0) is 66.8 Å².